The Morgan fingerprint density at radius 2 is 2.15 bits per heavy atom. The smallest absolute Gasteiger partial charge is 0.230 e. The second kappa shape index (κ2) is 7.30. The van der Waals surface area contributed by atoms with E-state index in [1.54, 1.807) is 12.3 Å². The van der Waals surface area contributed by atoms with Crippen LogP contribution in [0.3, 0.4) is 0 Å². The molecule has 0 unspecified atom stereocenters. The molecule has 6 heteroatoms. The van der Waals surface area contributed by atoms with Crippen LogP contribution in [0.4, 0.5) is 11.6 Å². The lowest BCUT2D eigenvalue weighted by Crippen LogP contribution is -2.10. The Morgan fingerprint density at radius 3 is 2.95 bits per heavy atom. The molecule has 2 rings (SSSR count). The zero-order valence-corrected chi connectivity index (χ0v) is 11.4. The van der Waals surface area contributed by atoms with Gasteiger partial charge in [-0.3, -0.25) is 0 Å². The van der Waals surface area contributed by atoms with E-state index < -0.39 is 0 Å². The fourth-order valence-corrected chi connectivity index (χ4v) is 1.60. The molecule has 1 aromatic carbocycles. The van der Waals surface area contributed by atoms with Gasteiger partial charge in [-0.2, -0.15) is 4.98 Å². The topological polar surface area (TPSA) is 82.3 Å². The van der Waals surface area contributed by atoms with Gasteiger partial charge in [-0.15, -0.1) is 0 Å². The molecule has 0 bridgehead atoms. The van der Waals surface area contributed by atoms with E-state index in [-0.39, 0.29) is 0 Å². The normalized spacial score (nSPS) is 10.1. The van der Waals surface area contributed by atoms with Crippen LogP contribution in [0.5, 0.6) is 11.6 Å². The average molecular weight is 274 g/mol. The van der Waals surface area contributed by atoms with Crippen molar-refractivity contribution in [2.45, 2.75) is 6.92 Å². The first-order valence-corrected chi connectivity index (χ1v) is 6.47. The molecular weight excluding hydrogens is 256 g/mol. The minimum absolute atomic E-state index is 0.479. The van der Waals surface area contributed by atoms with Gasteiger partial charge in [0.15, 0.2) is 0 Å². The van der Waals surface area contributed by atoms with Gasteiger partial charge in [0.05, 0.1) is 6.61 Å². The number of hydrogen-bond donors (Lipinski definition) is 2. The molecule has 20 heavy (non-hydrogen) atoms. The van der Waals surface area contributed by atoms with Gasteiger partial charge in [0.25, 0.3) is 0 Å². The van der Waals surface area contributed by atoms with Gasteiger partial charge in [0.1, 0.15) is 12.4 Å². The Hall–Kier alpha value is -2.34. The van der Waals surface area contributed by atoms with E-state index in [1.165, 1.54) is 0 Å². The molecule has 2 aromatic rings. The van der Waals surface area contributed by atoms with Crippen molar-refractivity contribution in [3.8, 4) is 11.6 Å². The summed E-state index contributed by atoms with van der Waals surface area (Å²) in [6.07, 6.45) is 1.65. The number of benzene rings is 1. The predicted octanol–water partition coefficient (Wildman–Crippen LogP) is 1.96. The quantitative estimate of drug-likeness (QED) is 0.803. The summed E-state index contributed by atoms with van der Waals surface area (Å²) in [4.78, 5) is 8.39. The van der Waals surface area contributed by atoms with E-state index in [9.17, 15) is 0 Å². The van der Waals surface area contributed by atoms with Crippen molar-refractivity contribution in [1.29, 1.82) is 0 Å². The van der Waals surface area contributed by atoms with Crippen molar-refractivity contribution >= 4 is 11.6 Å². The van der Waals surface area contributed by atoms with Crippen LogP contribution in [-0.2, 0) is 0 Å². The number of ether oxygens (including phenoxy) is 2. The molecule has 6 nitrogen and oxygen atoms in total. The van der Waals surface area contributed by atoms with Crippen LogP contribution in [0.25, 0.3) is 0 Å². The van der Waals surface area contributed by atoms with E-state index in [2.05, 4.69) is 15.3 Å². The molecule has 0 aliphatic heterocycles. The summed E-state index contributed by atoms with van der Waals surface area (Å²) >= 11 is 0. The number of rotatable bonds is 7. The van der Waals surface area contributed by atoms with Crippen molar-refractivity contribution in [2.24, 2.45) is 5.73 Å². The summed E-state index contributed by atoms with van der Waals surface area (Å²) in [5.74, 6) is 1.77. The summed E-state index contributed by atoms with van der Waals surface area (Å²) in [5.41, 5.74) is 6.25. The first kappa shape index (κ1) is 14.1. The molecule has 1 aromatic heterocycles. The van der Waals surface area contributed by atoms with E-state index in [4.69, 9.17) is 15.2 Å². The van der Waals surface area contributed by atoms with E-state index in [0.29, 0.717) is 31.6 Å². The number of nitrogens with zero attached hydrogens (tertiary/aromatic N) is 2. The minimum Gasteiger partial charge on any atom is -0.492 e. The summed E-state index contributed by atoms with van der Waals surface area (Å²) in [7, 11) is 0. The molecule has 0 fully saturated rings. The Bertz CT molecular complexity index is 548. The third-order valence-corrected chi connectivity index (χ3v) is 2.40. The Labute approximate surface area is 118 Å². The molecule has 0 amide bonds. The van der Waals surface area contributed by atoms with E-state index in [0.717, 1.165) is 11.4 Å². The summed E-state index contributed by atoms with van der Waals surface area (Å²) in [6.45, 7) is 3.45. The maximum Gasteiger partial charge on any atom is 0.230 e. The number of hydrogen-bond acceptors (Lipinski definition) is 6. The van der Waals surface area contributed by atoms with Crippen LogP contribution >= 0.6 is 0 Å². The second-order valence-corrected chi connectivity index (χ2v) is 3.94. The maximum atomic E-state index is 5.47. The standard InChI is InChI=1S/C14H18N4O2/c1-2-19-13-6-8-16-14(18-13)17-11-4-3-5-12(10-11)20-9-7-15/h3-6,8,10H,2,7,9,15H2,1H3,(H,16,17,18). The third-order valence-electron chi connectivity index (χ3n) is 2.40. The number of nitrogens with two attached hydrogens (primary N) is 1. The molecule has 0 radical (unpaired) electrons. The van der Waals surface area contributed by atoms with Crippen LogP contribution in [0, 0.1) is 0 Å². The molecule has 106 valence electrons. The van der Waals surface area contributed by atoms with E-state index in [1.807, 2.05) is 31.2 Å². The summed E-state index contributed by atoms with van der Waals surface area (Å²) in [5, 5.41) is 3.11. The highest BCUT2D eigenvalue weighted by molar-refractivity contribution is 5.55. The number of nitrogens with one attached hydrogen (secondary N) is 1. The fourth-order valence-electron chi connectivity index (χ4n) is 1.60. The molecule has 3 N–H and O–H groups in total. The lowest BCUT2D eigenvalue weighted by atomic mass is 10.3. The van der Waals surface area contributed by atoms with Crippen LogP contribution in [0.1, 0.15) is 6.92 Å². The number of aromatic nitrogens is 2. The second-order valence-electron chi connectivity index (χ2n) is 3.94. The lowest BCUT2D eigenvalue weighted by molar-refractivity contribution is 0.326. The van der Waals surface area contributed by atoms with Gasteiger partial charge in [-0.05, 0) is 19.1 Å². The average Bonchev–Trinajstić information content (AvgIpc) is 2.46. The highest BCUT2D eigenvalue weighted by atomic mass is 16.5. The van der Waals surface area contributed by atoms with Gasteiger partial charge in [0.2, 0.25) is 11.8 Å². The number of anilines is 2. The molecule has 0 aliphatic carbocycles. The Kier molecular flexibility index (Phi) is 5.14. The largest absolute Gasteiger partial charge is 0.492 e. The molecular formula is C14H18N4O2. The minimum atomic E-state index is 0.479. The Morgan fingerprint density at radius 1 is 1.25 bits per heavy atom. The predicted molar refractivity (Wildman–Crippen MR) is 77.5 cm³/mol. The van der Waals surface area contributed by atoms with Gasteiger partial charge < -0.3 is 20.5 Å². The first-order valence-electron chi connectivity index (χ1n) is 6.47. The van der Waals surface area contributed by atoms with Gasteiger partial charge in [-0.1, -0.05) is 6.07 Å². The van der Waals surface area contributed by atoms with Gasteiger partial charge in [0, 0.05) is 30.6 Å². The Balaban J connectivity index is 2.07. The maximum absolute atomic E-state index is 5.47. The van der Waals surface area contributed by atoms with Crippen LogP contribution in [0.2, 0.25) is 0 Å². The van der Waals surface area contributed by atoms with Crippen molar-refractivity contribution in [3.63, 3.8) is 0 Å². The van der Waals surface area contributed by atoms with Gasteiger partial charge in [-0.25, -0.2) is 4.98 Å². The monoisotopic (exact) mass is 274 g/mol. The highest BCUT2D eigenvalue weighted by Crippen LogP contribution is 2.20. The first-order chi connectivity index (χ1) is 9.81. The van der Waals surface area contributed by atoms with Crippen molar-refractivity contribution in [3.05, 3.63) is 36.5 Å². The van der Waals surface area contributed by atoms with Crippen molar-refractivity contribution in [2.75, 3.05) is 25.1 Å². The highest BCUT2D eigenvalue weighted by Gasteiger charge is 2.02. The van der Waals surface area contributed by atoms with Crippen LogP contribution < -0.4 is 20.5 Å². The van der Waals surface area contributed by atoms with Crippen molar-refractivity contribution in [1.82, 2.24) is 9.97 Å². The zero-order valence-electron chi connectivity index (χ0n) is 11.4. The van der Waals surface area contributed by atoms with Gasteiger partial charge >= 0.3 is 0 Å². The molecule has 1 heterocycles. The third kappa shape index (κ3) is 4.10. The van der Waals surface area contributed by atoms with Crippen LogP contribution in [0.15, 0.2) is 36.5 Å². The summed E-state index contributed by atoms with van der Waals surface area (Å²) < 4.78 is 10.8. The van der Waals surface area contributed by atoms with E-state index >= 15 is 0 Å². The molecule has 0 saturated carbocycles. The summed E-state index contributed by atoms with van der Waals surface area (Å²) in [6, 6.07) is 9.26. The fraction of sp³-hybridized carbons (Fsp3) is 0.286. The molecule has 0 aliphatic rings. The van der Waals surface area contributed by atoms with Crippen LogP contribution in [-0.4, -0.2) is 29.7 Å². The SMILES string of the molecule is CCOc1ccnc(Nc2cccc(OCCN)c2)n1. The van der Waals surface area contributed by atoms with Crippen molar-refractivity contribution < 1.29 is 9.47 Å². The lowest BCUT2D eigenvalue weighted by Gasteiger charge is -2.09. The molecule has 0 saturated heterocycles. The molecule has 0 spiro atoms. The molecule has 0 atom stereocenters. The zero-order chi connectivity index (χ0) is 14.2.